The molecule has 7 atom stereocenters. The summed E-state index contributed by atoms with van der Waals surface area (Å²) in [6.07, 6.45) is 14.7. The molecule has 0 unspecified atom stereocenters. The van der Waals surface area contributed by atoms with Gasteiger partial charge in [0.15, 0.2) is 0 Å². The predicted octanol–water partition coefficient (Wildman–Crippen LogP) is 4.58. The molecule has 3 amide bonds. The highest BCUT2D eigenvalue weighted by molar-refractivity contribution is 7.91. The number of amides is 3. The second-order valence-corrected chi connectivity index (χ2v) is 17.9. The summed E-state index contributed by atoms with van der Waals surface area (Å²) in [5.41, 5.74) is -0.537. The van der Waals surface area contributed by atoms with Crippen LogP contribution in [0, 0.1) is 23.7 Å². The summed E-state index contributed by atoms with van der Waals surface area (Å²) in [5.74, 6) is -2.72. The number of pyridine rings is 1. The van der Waals surface area contributed by atoms with Crippen molar-refractivity contribution in [2.75, 3.05) is 6.54 Å². The van der Waals surface area contributed by atoms with Crippen LogP contribution in [0.1, 0.15) is 89.0 Å². The molecule has 4 aliphatic carbocycles. The van der Waals surface area contributed by atoms with E-state index in [0.717, 1.165) is 67.7 Å². The van der Waals surface area contributed by atoms with E-state index in [-0.39, 0.29) is 49.7 Å². The summed E-state index contributed by atoms with van der Waals surface area (Å²) in [6, 6.07) is 6.92. The molecule has 1 aromatic carbocycles. The number of carbonyl (C=O) groups is 4. The lowest BCUT2D eigenvalue weighted by Gasteiger charge is -2.31. The summed E-state index contributed by atoms with van der Waals surface area (Å²) in [7, 11) is -3.87. The van der Waals surface area contributed by atoms with Gasteiger partial charge in [-0.3, -0.25) is 23.9 Å². The van der Waals surface area contributed by atoms with E-state index in [2.05, 4.69) is 33.8 Å². The van der Waals surface area contributed by atoms with Crippen molar-refractivity contribution in [3.63, 3.8) is 0 Å². The van der Waals surface area contributed by atoms with Gasteiger partial charge in [0.25, 0.3) is 5.91 Å². The summed E-state index contributed by atoms with van der Waals surface area (Å²) in [5, 5.41) is 3.98. The Morgan fingerprint density at radius 3 is 2.55 bits per heavy atom. The second-order valence-electron chi connectivity index (χ2n) is 16.0. The van der Waals surface area contributed by atoms with Gasteiger partial charge in [-0.15, -0.1) is 6.58 Å². The van der Waals surface area contributed by atoms with E-state index in [4.69, 9.17) is 9.47 Å². The average molecular weight is 745 g/mol. The molecule has 2 N–H and O–H groups in total. The number of allylic oxidation sites excluding steroid dienone is 1. The van der Waals surface area contributed by atoms with Crippen molar-refractivity contribution in [2.45, 2.75) is 113 Å². The Bertz CT molecular complexity index is 1960. The van der Waals surface area contributed by atoms with Crippen LogP contribution in [0.3, 0.4) is 0 Å². The minimum atomic E-state index is -3.87. The average Bonchev–Trinajstić information content (AvgIpc) is 3.93. The number of sulfonamides is 1. The van der Waals surface area contributed by atoms with Crippen molar-refractivity contribution >= 4 is 50.6 Å². The van der Waals surface area contributed by atoms with E-state index in [9.17, 15) is 27.6 Å². The standard InChI is InChI=1S/C40H48N4O8S/c1-2-28-22-40(28,39(48)43-53(49,50)30-15-16-30)42-36(46)33-20-29-23-44(33)38(47)32(25-8-3-4-9-25)21-35(45)52-34-12-6-11-27(34)10-5-7-24-13-14-26-17-18-41-37(51-29)31(26)19-24/h2,5,7,13-14,17-19,25,27-30,32-34H,1,3-4,6,8-12,15-16,20-23H2,(H,42,46)(H,43,48)/b7-5+/t27-,28+,29+,32-,33-,34-,40+/m0/s1. The van der Waals surface area contributed by atoms with E-state index in [1.807, 2.05) is 24.3 Å². The molecule has 282 valence electrons. The third-order valence-corrected chi connectivity index (χ3v) is 14.2. The van der Waals surface area contributed by atoms with Gasteiger partial charge in [0, 0.05) is 23.9 Å². The van der Waals surface area contributed by atoms with E-state index in [1.165, 1.54) is 11.0 Å². The summed E-state index contributed by atoms with van der Waals surface area (Å²) >= 11 is 0. The number of carbonyl (C=O) groups excluding carboxylic acids is 4. The molecule has 4 saturated carbocycles. The van der Waals surface area contributed by atoms with Gasteiger partial charge in [0.2, 0.25) is 27.7 Å². The molecule has 53 heavy (non-hydrogen) atoms. The zero-order valence-electron chi connectivity index (χ0n) is 29.9. The Labute approximate surface area is 310 Å². The molecule has 3 heterocycles. The highest BCUT2D eigenvalue weighted by Gasteiger charge is 2.62. The number of esters is 1. The third-order valence-electron chi connectivity index (χ3n) is 12.4. The zero-order chi connectivity index (χ0) is 36.9. The minimum Gasteiger partial charge on any atom is -0.472 e. The van der Waals surface area contributed by atoms with E-state index in [1.54, 1.807) is 6.20 Å². The zero-order valence-corrected chi connectivity index (χ0v) is 30.7. The normalized spacial score (nSPS) is 32.6. The fourth-order valence-electron chi connectivity index (χ4n) is 9.14. The number of nitrogens with one attached hydrogen (secondary N) is 2. The predicted molar refractivity (Wildman–Crippen MR) is 196 cm³/mol. The van der Waals surface area contributed by atoms with Gasteiger partial charge in [-0.05, 0) is 92.7 Å². The van der Waals surface area contributed by atoms with Gasteiger partial charge in [0.05, 0.1) is 24.1 Å². The lowest BCUT2D eigenvalue weighted by Crippen LogP contribution is -2.57. The molecule has 1 aromatic heterocycles. The Kier molecular flexibility index (Phi) is 9.57. The first-order valence-corrected chi connectivity index (χ1v) is 20.8. The number of hydrogen-bond acceptors (Lipinski definition) is 9. The molecular weight excluding hydrogens is 697 g/mol. The quantitative estimate of drug-likeness (QED) is 0.306. The van der Waals surface area contributed by atoms with Crippen LogP contribution in [-0.2, 0) is 33.9 Å². The van der Waals surface area contributed by atoms with E-state index >= 15 is 0 Å². The molecule has 8 rings (SSSR count). The molecule has 4 bridgehead atoms. The number of benzene rings is 1. The van der Waals surface area contributed by atoms with Crippen molar-refractivity contribution in [3.05, 3.63) is 54.8 Å². The largest absolute Gasteiger partial charge is 0.472 e. The summed E-state index contributed by atoms with van der Waals surface area (Å²) in [4.78, 5) is 62.5. The number of ether oxygens (including phenoxy) is 2. The van der Waals surface area contributed by atoms with Crippen LogP contribution >= 0.6 is 0 Å². The lowest BCUT2D eigenvalue weighted by molar-refractivity contribution is -0.156. The van der Waals surface area contributed by atoms with Gasteiger partial charge >= 0.3 is 5.97 Å². The van der Waals surface area contributed by atoms with Crippen molar-refractivity contribution < 1.29 is 37.1 Å². The maximum Gasteiger partial charge on any atom is 0.306 e. The molecule has 12 nitrogen and oxygen atoms in total. The van der Waals surface area contributed by atoms with Crippen molar-refractivity contribution in [3.8, 4) is 5.88 Å². The number of aromatic nitrogens is 1. The molecule has 1 saturated heterocycles. The summed E-state index contributed by atoms with van der Waals surface area (Å²) < 4.78 is 40.3. The van der Waals surface area contributed by atoms with Crippen LogP contribution in [0.5, 0.6) is 5.88 Å². The third kappa shape index (κ3) is 7.20. The highest BCUT2D eigenvalue weighted by atomic mass is 32.2. The van der Waals surface area contributed by atoms with Crippen molar-refractivity contribution in [2.24, 2.45) is 23.7 Å². The highest BCUT2D eigenvalue weighted by Crippen LogP contribution is 2.46. The maximum absolute atomic E-state index is 14.8. The van der Waals surface area contributed by atoms with Gasteiger partial charge < -0.3 is 19.7 Å². The monoisotopic (exact) mass is 744 g/mol. The lowest BCUT2D eigenvalue weighted by atomic mass is 9.86. The Hall–Kier alpha value is -4.26. The molecule has 2 aliphatic heterocycles. The van der Waals surface area contributed by atoms with Crippen LogP contribution in [0.25, 0.3) is 16.8 Å². The number of nitrogens with zero attached hydrogens (tertiary/aromatic N) is 2. The maximum atomic E-state index is 14.8. The first kappa shape index (κ1) is 35.8. The Morgan fingerprint density at radius 1 is 1.00 bits per heavy atom. The first-order valence-electron chi connectivity index (χ1n) is 19.3. The van der Waals surface area contributed by atoms with Crippen LogP contribution in [-0.4, -0.2) is 77.6 Å². The van der Waals surface area contributed by atoms with Crippen LogP contribution < -0.4 is 14.8 Å². The fraction of sp³-hybridized carbons (Fsp3) is 0.575. The smallest absolute Gasteiger partial charge is 0.306 e. The number of rotatable bonds is 7. The molecule has 2 aromatic rings. The molecular formula is C40H48N4O8S. The van der Waals surface area contributed by atoms with Gasteiger partial charge in [-0.25, -0.2) is 13.4 Å². The van der Waals surface area contributed by atoms with Crippen molar-refractivity contribution in [1.82, 2.24) is 19.9 Å². The Balaban J connectivity index is 1.13. The number of fused-ring (bicyclic) bond motifs is 4. The van der Waals surface area contributed by atoms with Crippen LogP contribution in [0.15, 0.2) is 49.2 Å². The molecule has 0 spiro atoms. The number of hydrogen-bond donors (Lipinski definition) is 2. The van der Waals surface area contributed by atoms with Gasteiger partial charge in [-0.1, -0.05) is 43.2 Å². The second kappa shape index (κ2) is 14.2. The Morgan fingerprint density at radius 2 is 1.79 bits per heavy atom. The molecule has 0 radical (unpaired) electrons. The van der Waals surface area contributed by atoms with Crippen molar-refractivity contribution in [1.29, 1.82) is 0 Å². The van der Waals surface area contributed by atoms with E-state index in [0.29, 0.717) is 18.7 Å². The van der Waals surface area contributed by atoms with Crippen LogP contribution in [0.2, 0.25) is 0 Å². The van der Waals surface area contributed by atoms with Gasteiger partial charge in [-0.2, -0.15) is 0 Å². The molecule has 13 heteroatoms. The van der Waals surface area contributed by atoms with Gasteiger partial charge in [0.1, 0.15) is 23.8 Å². The summed E-state index contributed by atoms with van der Waals surface area (Å²) in [6.45, 7) is 3.88. The molecule has 6 aliphatic rings. The fourth-order valence-corrected chi connectivity index (χ4v) is 10.5. The molecule has 5 fully saturated rings. The van der Waals surface area contributed by atoms with E-state index < -0.39 is 62.6 Å². The van der Waals surface area contributed by atoms with Crippen LogP contribution in [0.4, 0.5) is 0 Å². The minimum absolute atomic E-state index is 0.0388. The first-order chi connectivity index (χ1) is 25.5. The topological polar surface area (TPSA) is 161 Å². The SMILES string of the molecule is C=C[C@@H]1C[C@]1(NC(=O)[C@@H]1C[C@@H]2CN1C(=O)[C@H](C1CCCC1)CC(=O)O[C@H]1CCC[C@@H]1C/C=C/c1ccc3ccnc(c3c1)O2)C(=O)NS(=O)(=O)C1CC1.